The molecule has 50 heavy (non-hydrogen) atoms. The second kappa shape index (κ2) is 23.2. The molecule has 0 amide bonds. The molecule has 2 radical (unpaired) electrons. The van der Waals surface area contributed by atoms with Gasteiger partial charge in [-0.2, -0.15) is 0 Å². The zero-order valence-electron chi connectivity index (χ0n) is 30.2. The molecule has 5 aromatic carbocycles. The van der Waals surface area contributed by atoms with Crippen LogP contribution >= 0.6 is 38.8 Å². The van der Waals surface area contributed by atoms with E-state index in [1.165, 1.54) is 66.0 Å². The summed E-state index contributed by atoms with van der Waals surface area (Å²) in [5, 5.41) is 2.90. The summed E-state index contributed by atoms with van der Waals surface area (Å²) in [6.45, 7) is 13.0. The van der Waals surface area contributed by atoms with Gasteiger partial charge in [0.05, 0.1) is 0 Å². The molecular formula is C42H48Cl4Ru2Si2-2. The summed E-state index contributed by atoms with van der Waals surface area (Å²) in [4.78, 5) is 0. The first-order chi connectivity index (χ1) is 22.8. The summed E-state index contributed by atoms with van der Waals surface area (Å²) in [5.74, 6) is 0. The summed E-state index contributed by atoms with van der Waals surface area (Å²) in [6, 6.07) is 37.5. The molecule has 0 saturated heterocycles. The molecule has 0 N–H and O–H groups in total. The van der Waals surface area contributed by atoms with Crippen LogP contribution in [0.2, 0.25) is 0 Å². The van der Waals surface area contributed by atoms with Crippen LogP contribution < -0.4 is 10.4 Å². The van der Waals surface area contributed by atoms with Crippen LogP contribution in [0.25, 0.3) is 5.57 Å². The van der Waals surface area contributed by atoms with E-state index in [4.69, 9.17) is 38.8 Å². The maximum atomic E-state index is 6.19. The van der Waals surface area contributed by atoms with Gasteiger partial charge in [-0.25, -0.2) is 0 Å². The Morgan fingerprint density at radius 2 is 0.900 bits per heavy atom. The van der Waals surface area contributed by atoms with Gasteiger partial charge in [0.1, 0.15) is 0 Å². The Bertz CT molecular complexity index is 1830. The van der Waals surface area contributed by atoms with Crippen molar-refractivity contribution < 1.29 is 27.0 Å². The number of rotatable bonds is 2. The second-order valence-electron chi connectivity index (χ2n) is 11.5. The summed E-state index contributed by atoms with van der Waals surface area (Å²) in [6.07, 6.45) is 2.15. The predicted molar refractivity (Wildman–Crippen MR) is 230 cm³/mol. The molecule has 0 fully saturated rings. The predicted octanol–water partition coefficient (Wildman–Crippen LogP) is 9.98. The summed E-state index contributed by atoms with van der Waals surface area (Å²) < 4.78 is 3.05. The van der Waals surface area contributed by atoms with Crippen molar-refractivity contribution in [1.82, 2.24) is 0 Å². The SMILES string of the molecule is Cc1cc(C)c([SiH2])c(C)c1.Cc1cc(C)c([SiH2])c(C)c1.[CH3-].[CH3-].[Cl][Ru]([Cl])=[CH]c1ccccc1.[Cl][Ru]([Cl])=[C]1C=C(c2ccccc2)c2ccccc21. The van der Waals surface area contributed by atoms with Crippen LogP contribution in [0.4, 0.5) is 0 Å². The molecule has 0 nitrogen and oxygen atoms in total. The van der Waals surface area contributed by atoms with Crippen molar-refractivity contribution >= 4 is 83.9 Å². The van der Waals surface area contributed by atoms with Crippen molar-refractivity contribution in [1.29, 1.82) is 0 Å². The number of hydrogen-bond donors (Lipinski definition) is 0. The molecule has 1 aliphatic rings. The van der Waals surface area contributed by atoms with Crippen molar-refractivity contribution in [3.63, 3.8) is 0 Å². The van der Waals surface area contributed by atoms with Gasteiger partial charge in [-0.1, -0.05) is 68.0 Å². The van der Waals surface area contributed by atoms with E-state index in [0.717, 1.165) is 9.67 Å². The minimum atomic E-state index is -1.88. The molecule has 0 spiro atoms. The Kier molecular flexibility index (Phi) is 21.5. The molecule has 5 aromatic rings. The van der Waals surface area contributed by atoms with Crippen molar-refractivity contribution in [3.8, 4) is 0 Å². The number of fused-ring (bicyclic) bond motifs is 1. The molecule has 0 saturated carbocycles. The third-order valence-electron chi connectivity index (χ3n) is 7.64. The van der Waals surface area contributed by atoms with Gasteiger partial charge in [0.25, 0.3) is 0 Å². The first-order valence-electron chi connectivity index (χ1n) is 15.2. The number of allylic oxidation sites excluding steroid dienone is 1. The minimum absolute atomic E-state index is 0. The Balaban J connectivity index is 0.000000344. The van der Waals surface area contributed by atoms with Gasteiger partial charge in [0.15, 0.2) is 0 Å². The summed E-state index contributed by atoms with van der Waals surface area (Å²) >= 11 is -3.50. The molecule has 8 heteroatoms. The third-order valence-corrected chi connectivity index (χ3v) is 14.9. The van der Waals surface area contributed by atoms with E-state index in [-0.39, 0.29) is 14.9 Å². The first kappa shape index (κ1) is 46.4. The van der Waals surface area contributed by atoms with E-state index in [1.54, 1.807) is 0 Å². The van der Waals surface area contributed by atoms with Crippen LogP contribution in [0.15, 0.2) is 115 Å². The van der Waals surface area contributed by atoms with Crippen LogP contribution in [0, 0.1) is 56.4 Å². The topological polar surface area (TPSA) is 0 Å². The summed E-state index contributed by atoms with van der Waals surface area (Å²) in [5.41, 5.74) is 14.4. The Hall–Kier alpha value is -1.58. The molecular weight excluding hydrogens is 905 g/mol. The Labute approximate surface area is 335 Å². The van der Waals surface area contributed by atoms with Gasteiger partial charge in [0.2, 0.25) is 0 Å². The van der Waals surface area contributed by atoms with E-state index in [1.807, 2.05) is 79.7 Å². The Morgan fingerprint density at radius 3 is 1.30 bits per heavy atom. The number of halogens is 4. The van der Waals surface area contributed by atoms with E-state index in [2.05, 4.69) is 102 Å². The molecule has 6 rings (SSSR count). The molecule has 0 atom stereocenters. The standard InChI is InChI=1S/C15H10.2C9H13Si.C7H6.2CH3.4ClH.2Ru/c1-2-6-12(7-3-1)15-11-10-13-8-4-5-9-14(13)15;2*1-6-4-7(2)9(10)8(3)5-6;1-7-5-3-2-4-6-7;;;;;;;;/h1-9,11H;2*4-5H,10H2,1-3H3;1-6H;2*1H3;4*1H;;/q;;;;2*-1;;;;;2*+2/p-4. The van der Waals surface area contributed by atoms with Crippen molar-refractivity contribution in [2.45, 2.75) is 41.5 Å². The zero-order valence-corrected chi connectivity index (χ0v) is 39.5. The van der Waals surface area contributed by atoms with Crippen molar-refractivity contribution in [2.75, 3.05) is 0 Å². The van der Waals surface area contributed by atoms with Crippen molar-refractivity contribution in [3.05, 3.63) is 186 Å². The quantitative estimate of drug-likeness (QED) is 0.122. The average molecular weight is 953 g/mol. The van der Waals surface area contributed by atoms with Crippen LogP contribution in [0.1, 0.15) is 55.6 Å². The van der Waals surface area contributed by atoms with E-state index in [0.29, 0.717) is 0 Å². The van der Waals surface area contributed by atoms with Crippen LogP contribution in [-0.4, -0.2) is 29.2 Å². The fourth-order valence-electron chi connectivity index (χ4n) is 5.20. The van der Waals surface area contributed by atoms with Crippen LogP contribution in [0.3, 0.4) is 0 Å². The molecule has 0 aliphatic heterocycles. The number of aryl methyl sites for hydroxylation is 6. The molecule has 0 bridgehead atoms. The first-order valence-corrected chi connectivity index (χ1v) is 27.4. The number of hydrogen-bond acceptors (Lipinski definition) is 0. The van der Waals surface area contributed by atoms with Gasteiger partial charge < -0.3 is 14.9 Å². The van der Waals surface area contributed by atoms with Crippen molar-refractivity contribution in [2.24, 2.45) is 0 Å². The van der Waals surface area contributed by atoms with Crippen LogP contribution in [-0.2, 0) is 27.0 Å². The fraction of sp³-hybridized carbons (Fsp3) is 0.143. The molecule has 0 heterocycles. The normalized spacial score (nSPS) is 11.3. The van der Waals surface area contributed by atoms with Gasteiger partial charge in [-0.05, 0) is 41.5 Å². The molecule has 1 aliphatic carbocycles. The van der Waals surface area contributed by atoms with E-state index < -0.39 is 27.0 Å². The van der Waals surface area contributed by atoms with Gasteiger partial charge in [-0.15, -0.1) is 0 Å². The number of benzene rings is 5. The molecule has 270 valence electrons. The van der Waals surface area contributed by atoms with Crippen LogP contribution in [0.5, 0.6) is 0 Å². The monoisotopic (exact) mass is 952 g/mol. The summed E-state index contributed by atoms with van der Waals surface area (Å²) in [7, 11) is 27.7. The van der Waals surface area contributed by atoms with E-state index in [9.17, 15) is 0 Å². The van der Waals surface area contributed by atoms with Gasteiger partial charge in [0, 0.05) is 20.5 Å². The fourth-order valence-corrected chi connectivity index (χ4v) is 9.91. The average Bonchev–Trinajstić information content (AvgIpc) is 3.44. The molecule has 0 unspecified atom stereocenters. The van der Waals surface area contributed by atoms with Gasteiger partial charge >= 0.3 is 193 Å². The Morgan fingerprint density at radius 1 is 0.520 bits per heavy atom. The maximum absolute atomic E-state index is 6.19. The third kappa shape index (κ3) is 14.4. The zero-order chi connectivity index (χ0) is 35.4. The molecule has 0 aromatic heterocycles. The second-order valence-corrected chi connectivity index (χ2v) is 24.4. The van der Waals surface area contributed by atoms with E-state index >= 15 is 0 Å². The van der Waals surface area contributed by atoms with Gasteiger partial charge in [-0.3, -0.25) is 0 Å².